The van der Waals surface area contributed by atoms with Gasteiger partial charge < -0.3 is 24.0 Å². The molecule has 0 saturated carbocycles. The van der Waals surface area contributed by atoms with Gasteiger partial charge in [-0.1, -0.05) is 133 Å². The Labute approximate surface area is 446 Å². The molecule has 9 aromatic heterocycles. The normalized spacial score (nSPS) is 11.7. The fourth-order valence-electron chi connectivity index (χ4n) is 10.8. The van der Waals surface area contributed by atoms with Gasteiger partial charge in [-0.25, -0.2) is 15.0 Å². The molecule has 0 unspecified atom stereocenters. The van der Waals surface area contributed by atoms with Crippen LogP contribution in [0, 0.1) is 0 Å². The highest BCUT2D eigenvalue weighted by Gasteiger charge is 2.20. The molecule has 0 N–H and O–H groups in total. The van der Waals surface area contributed by atoms with E-state index in [9.17, 15) is 0 Å². The molecular weight excluding hydrogens is 1090 g/mol. The van der Waals surface area contributed by atoms with Crippen molar-refractivity contribution in [3.63, 3.8) is 0 Å². The van der Waals surface area contributed by atoms with Crippen molar-refractivity contribution in [3.05, 3.63) is 212 Å². The van der Waals surface area contributed by atoms with Crippen molar-refractivity contribution in [1.82, 2.24) is 44.9 Å². The van der Waals surface area contributed by atoms with Crippen molar-refractivity contribution in [1.29, 1.82) is 0 Å². The van der Waals surface area contributed by atoms with E-state index < -0.39 is 0 Å². The number of pyridine rings is 9. The van der Waals surface area contributed by atoms with Crippen LogP contribution in [-0.4, -0.2) is 44.9 Å². The minimum atomic E-state index is 0. The van der Waals surface area contributed by atoms with Crippen molar-refractivity contribution in [2.24, 2.45) is 0 Å². The first-order valence-electron chi connectivity index (χ1n) is 23.9. The highest BCUT2D eigenvalue weighted by molar-refractivity contribution is 9.10. The third kappa shape index (κ3) is 6.84. The van der Waals surface area contributed by atoms with Crippen LogP contribution in [0.3, 0.4) is 0 Å². The monoisotopic (exact) mass is 1120 g/mol. The average Bonchev–Trinajstić information content (AvgIpc) is 3.47. The van der Waals surface area contributed by atoms with Crippen molar-refractivity contribution >= 4 is 147 Å². The first kappa shape index (κ1) is 44.0. The summed E-state index contributed by atoms with van der Waals surface area (Å²) < 4.78 is 1.04. The lowest BCUT2D eigenvalue weighted by Gasteiger charge is -2.16. The summed E-state index contributed by atoms with van der Waals surface area (Å²) in [5.41, 5.74) is 15.1. The predicted octanol–water partition coefficient (Wildman–Crippen LogP) is 12.9. The Morgan fingerprint density at radius 1 is 0.230 bits per heavy atom. The summed E-state index contributed by atoms with van der Waals surface area (Å²) in [6, 6.07) is 58.8. The Morgan fingerprint density at radius 3 is 0.689 bits per heavy atom. The van der Waals surface area contributed by atoms with Gasteiger partial charge in [0, 0.05) is 117 Å². The molecule has 0 radical (unpaired) electrons. The maximum atomic E-state index is 5.26. The Kier molecular flexibility index (Phi) is 10.4. The second-order valence-electron chi connectivity index (χ2n) is 18.2. The summed E-state index contributed by atoms with van der Waals surface area (Å²) >= 11 is 3.76. The van der Waals surface area contributed by atoms with Gasteiger partial charge in [0.15, 0.2) is 0 Å². The SMILES string of the molecule is Brc1c2ccc3cccnc3c2nc2c1ccc1cccnc12.[I-].c1cnc2c(c1)ccc1c(-c3ccc(-c4c5ccc6cccnc6c5nc5c4ccc4cccnc45)cc3)c3ccc4cccnc4c3nc12. The standard InChI is InChI=1S/C44H24N6.C19H10BrN3.HI/c1-5-27-13-17-31-35(32-18-14-28-6-2-22-46-38(28)42(32)49-41(31)37(27)45-21-1)25-9-11-26(12-10-25)36-33-19-15-29-7-3-23-47-39(29)43(33)50-44-34(36)20-16-30-8-4-24-48-40(30)44;20-15-13-7-5-11-3-1-9-21-16(11)18(13)23-19-14(15)8-6-12-4-2-10-22-17(12)19;/h1-24H;1-10H;1H/p-1. The van der Waals surface area contributed by atoms with Crippen LogP contribution in [0.15, 0.2) is 212 Å². The van der Waals surface area contributed by atoms with Crippen molar-refractivity contribution in [3.8, 4) is 22.3 Å². The number of halogens is 2. The fraction of sp³-hybridized carbons (Fsp3) is 0. The first-order chi connectivity index (χ1) is 36.1. The van der Waals surface area contributed by atoms with Gasteiger partial charge in [-0.05, 0) is 63.5 Å². The number of aromatic nitrogens is 9. The third-order valence-electron chi connectivity index (χ3n) is 14.2. The molecule has 0 aliphatic rings. The van der Waals surface area contributed by atoms with E-state index in [0.717, 1.165) is 158 Å². The Morgan fingerprint density at radius 2 is 0.446 bits per heavy atom. The molecule has 0 aliphatic carbocycles. The van der Waals surface area contributed by atoms with Crippen molar-refractivity contribution in [2.45, 2.75) is 0 Å². The summed E-state index contributed by atoms with van der Waals surface area (Å²) in [4.78, 5) is 43.7. The van der Waals surface area contributed by atoms with E-state index in [-0.39, 0.29) is 24.0 Å². The lowest BCUT2D eigenvalue weighted by molar-refractivity contribution is -0.0000138. The molecule has 9 nitrogen and oxygen atoms in total. The predicted molar refractivity (Wildman–Crippen MR) is 302 cm³/mol. The molecule has 11 heteroatoms. The molecule has 0 aliphatic heterocycles. The molecule has 0 bridgehead atoms. The topological polar surface area (TPSA) is 116 Å². The van der Waals surface area contributed by atoms with Gasteiger partial charge in [0.1, 0.15) is 0 Å². The number of nitrogens with zero attached hydrogens (tertiary/aromatic N) is 9. The number of hydrogen-bond donors (Lipinski definition) is 0. The number of fused-ring (bicyclic) bond motifs is 18. The van der Waals surface area contributed by atoms with Gasteiger partial charge in [-0.15, -0.1) is 0 Å². The lowest BCUT2D eigenvalue weighted by atomic mass is 9.91. The molecule has 0 spiro atoms. The lowest BCUT2D eigenvalue weighted by Crippen LogP contribution is -3.00. The Balaban J connectivity index is 0.000000176. The zero-order chi connectivity index (χ0) is 48.1. The molecule has 0 atom stereocenters. The molecule has 16 aromatic rings. The fourth-order valence-corrected chi connectivity index (χ4v) is 11.5. The van der Waals surface area contributed by atoms with Gasteiger partial charge in [-0.3, -0.25) is 29.9 Å². The summed E-state index contributed by atoms with van der Waals surface area (Å²) in [6.45, 7) is 0. The van der Waals surface area contributed by atoms with Crippen LogP contribution in [0.5, 0.6) is 0 Å². The van der Waals surface area contributed by atoms with E-state index in [4.69, 9.17) is 34.9 Å². The maximum Gasteiger partial charge on any atom is 0.0984 e. The Hall–Kier alpha value is -8.78. The molecule has 0 amide bonds. The molecule has 16 rings (SSSR count). The molecule has 0 saturated heterocycles. The molecule has 0 fully saturated rings. The zero-order valence-electron chi connectivity index (χ0n) is 38.9. The van der Waals surface area contributed by atoms with Gasteiger partial charge in [-0.2, -0.15) is 0 Å². The second kappa shape index (κ2) is 17.5. The van der Waals surface area contributed by atoms with Crippen LogP contribution in [0.1, 0.15) is 0 Å². The molecular formula is C63H34BrIN9-. The average molecular weight is 1120 g/mol. The van der Waals surface area contributed by atoms with E-state index in [2.05, 4.69) is 159 Å². The smallest absolute Gasteiger partial charge is 0.0984 e. The number of hydrogen-bond acceptors (Lipinski definition) is 9. The largest absolute Gasteiger partial charge is 1.00 e. The number of benzene rings is 7. The van der Waals surface area contributed by atoms with Gasteiger partial charge in [0.05, 0.1) is 66.2 Å². The van der Waals surface area contributed by atoms with Gasteiger partial charge >= 0.3 is 0 Å². The minimum Gasteiger partial charge on any atom is -1.00 e. The summed E-state index contributed by atoms with van der Waals surface area (Å²) in [6.07, 6.45) is 11.0. The van der Waals surface area contributed by atoms with Crippen LogP contribution < -0.4 is 24.0 Å². The van der Waals surface area contributed by atoms with Crippen LogP contribution >= 0.6 is 15.9 Å². The highest BCUT2D eigenvalue weighted by atomic mass is 127. The highest BCUT2D eigenvalue weighted by Crippen LogP contribution is 2.43. The van der Waals surface area contributed by atoms with E-state index in [0.29, 0.717) is 0 Å². The first-order valence-corrected chi connectivity index (χ1v) is 24.7. The maximum absolute atomic E-state index is 5.26. The zero-order valence-corrected chi connectivity index (χ0v) is 42.7. The second-order valence-corrected chi connectivity index (χ2v) is 19.0. The summed E-state index contributed by atoms with van der Waals surface area (Å²) in [5.74, 6) is 0. The van der Waals surface area contributed by atoms with Gasteiger partial charge in [0.25, 0.3) is 0 Å². The summed E-state index contributed by atoms with van der Waals surface area (Å²) in [5, 5.41) is 12.8. The quantitative estimate of drug-likeness (QED) is 0.0948. The van der Waals surface area contributed by atoms with Crippen LogP contribution in [0.4, 0.5) is 0 Å². The minimum absolute atomic E-state index is 0. The Bertz CT molecular complexity index is 4520. The van der Waals surface area contributed by atoms with E-state index >= 15 is 0 Å². The van der Waals surface area contributed by atoms with Crippen molar-refractivity contribution in [2.75, 3.05) is 0 Å². The van der Waals surface area contributed by atoms with E-state index in [1.807, 2.05) is 73.6 Å². The third-order valence-corrected chi connectivity index (χ3v) is 15.0. The molecule has 9 heterocycles. The van der Waals surface area contributed by atoms with Crippen LogP contribution in [0.25, 0.3) is 153 Å². The molecule has 74 heavy (non-hydrogen) atoms. The molecule has 346 valence electrons. The summed E-state index contributed by atoms with van der Waals surface area (Å²) in [7, 11) is 0. The van der Waals surface area contributed by atoms with Gasteiger partial charge in [0.2, 0.25) is 0 Å². The molecule has 7 aromatic carbocycles. The van der Waals surface area contributed by atoms with E-state index in [1.165, 1.54) is 0 Å². The van der Waals surface area contributed by atoms with Crippen LogP contribution in [-0.2, 0) is 0 Å². The van der Waals surface area contributed by atoms with Crippen molar-refractivity contribution < 1.29 is 24.0 Å². The van der Waals surface area contributed by atoms with E-state index in [1.54, 1.807) is 0 Å². The number of rotatable bonds is 2. The van der Waals surface area contributed by atoms with Crippen LogP contribution in [0.2, 0.25) is 0 Å².